The number of halogens is 2. The summed E-state index contributed by atoms with van der Waals surface area (Å²) in [6, 6.07) is 16.4. The maximum Gasteiger partial charge on any atom is 0.289 e. The highest BCUT2D eigenvalue weighted by molar-refractivity contribution is 9.10. The van der Waals surface area contributed by atoms with E-state index in [1.54, 1.807) is 24.4 Å². The van der Waals surface area contributed by atoms with E-state index in [9.17, 15) is 4.79 Å². The van der Waals surface area contributed by atoms with Gasteiger partial charge in [0.2, 0.25) is 0 Å². The minimum atomic E-state index is -0.365. The standard InChI is InChI=1S/C17H12BrClN4O/c18-13-5-1-11(2-6-13)10-20-23-17(24)16-9-15(21-22-16)12-3-7-14(19)8-4-12/h1-10H,(H,21,22)(H,23,24). The van der Waals surface area contributed by atoms with Gasteiger partial charge in [-0.25, -0.2) is 5.43 Å². The summed E-state index contributed by atoms with van der Waals surface area (Å²) < 4.78 is 0.982. The molecule has 0 spiro atoms. The minimum Gasteiger partial charge on any atom is -0.272 e. The second-order valence-corrected chi connectivity index (χ2v) is 6.28. The normalized spacial score (nSPS) is 10.9. The van der Waals surface area contributed by atoms with Crippen LogP contribution in [0.5, 0.6) is 0 Å². The average molecular weight is 404 g/mol. The third-order valence-electron chi connectivity index (χ3n) is 3.21. The van der Waals surface area contributed by atoms with Crippen LogP contribution in [0, 0.1) is 0 Å². The fraction of sp³-hybridized carbons (Fsp3) is 0. The highest BCUT2D eigenvalue weighted by Gasteiger charge is 2.10. The lowest BCUT2D eigenvalue weighted by Crippen LogP contribution is -2.17. The Morgan fingerprint density at radius 3 is 2.58 bits per heavy atom. The smallest absolute Gasteiger partial charge is 0.272 e. The summed E-state index contributed by atoms with van der Waals surface area (Å²) in [6.45, 7) is 0. The van der Waals surface area contributed by atoms with E-state index in [0.717, 1.165) is 15.6 Å². The van der Waals surface area contributed by atoms with Gasteiger partial charge < -0.3 is 0 Å². The first-order valence-electron chi connectivity index (χ1n) is 7.02. The van der Waals surface area contributed by atoms with E-state index in [2.05, 4.69) is 36.7 Å². The zero-order valence-corrected chi connectivity index (χ0v) is 14.7. The first-order valence-corrected chi connectivity index (χ1v) is 8.19. The van der Waals surface area contributed by atoms with Crippen LogP contribution in [-0.4, -0.2) is 22.3 Å². The highest BCUT2D eigenvalue weighted by Crippen LogP contribution is 2.20. The molecule has 24 heavy (non-hydrogen) atoms. The van der Waals surface area contributed by atoms with Gasteiger partial charge in [0, 0.05) is 15.1 Å². The Kier molecular flexibility index (Phi) is 5.08. The molecule has 0 saturated heterocycles. The van der Waals surface area contributed by atoms with Crippen LogP contribution in [0.1, 0.15) is 16.1 Å². The van der Waals surface area contributed by atoms with E-state index in [1.807, 2.05) is 36.4 Å². The lowest BCUT2D eigenvalue weighted by atomic mass is 10.1. The largest absolute Gasteiger partial charge is 0.289 e. The molecule has 1 heterocycles. The fourth-order valence-electron chi connectivity index (χ4n) is 1.98. The molecule has 0 atom stereocenters. The monoisotopic (exact) mass is 402 g/mol. The van der Waals surface area contributed by atoms with Crippen LogP contribution in [0.2, 0.25) is 5.02 Å². The molecule has 120 valence electrons. The van der Waals surface area contributed by atoms with Crippen molar-refractivity contribution in [1.82, 2.24) is 15.6 Å². The number of nitrogens with one attached hydrogen (secondary N) is 2. The second-order valence-electron chi connectivity index (χ2n) is 4.92. The molecule has 0 unspecified atom stereocenters. The lowest BCUT2D eigenvalue weighted by molar-refractivity contribution is 0.0950. The van der Waals surface area contributed by atoms with E-state index in [4.69, 9.17) is 11.6 Å². The van der Waals surface area contributed by atoms with Crippen molar-refractivity contribution in [3.05, 3.63) is 75.4 Å². The second kappa shape index (κ2) is 7.42. The first-order chi connectivity index (χ1) is 11.6. The lowest BCUT2D eigenvalue weighted by Gasteiger charge is -1.96. The number of carbonyl (C=O) groups is 1. The molecule has 0 radical (unpaired) electrons. The van der Waals surface area contributed by atoms with E-state index >= 15 is 0 Å². The summed E-state index contributed by atoms with van der Waals surface area (Å²) in [5.41, 5.74) is 5.20. The van der Waals surface area contributed by atoms with Crippen LogP contribution in [0.15, 0.2) is 64.2 Å². The zero-order chi connectivity index (χ0) is 16.9. The molecule has 0 aliphatic carbocycles. The predicted molar refractivity (Wildman–Crippen MR) is 98.2 cm³/mol. The van der Waals surface area contributed by atoms with Gasteiger partial charge in [-0.1, -0.05) is 51.8 Å². The Balaban J connectivity index is 1.65. The Morgan fingerprint density at radius 2 is 1.88 bits per heavy atom. The molecule has 0 saturated carbocycles. The van der Waals surface area contributed by atoms with Crippen molar-refractivity contribution >= 4 is 39.7 Å². The molecular formula is C17H12BrClN4O. The molecule has 1 amide bonds. The number of nitrogens with zero attached hydrogens (tertiary/aromatic N) is 2. The van der Waals surface area contributed by atoms with Crippen molar-refractivity contribution < 1.29 is 4.79 Å². The molecule has 5 nitrogen and oxygen atoms in total. The zero-order valence-electron chi connectivity index (χ0n) is 12.3. The molecule has 1 aromatic heterocycles. The third kappa shape index (κ3) is 4.10. The molecule has 0 aliphatic rings. The highest BCUT2D eigenvalue weighted by atomic mass is 79.9. The van der Waals surface area contributed by atoms with Gasteiger partial charge >= 0.3 is 0 Å². The van der Waals surface area contributed by atoms with Crippen LogP contribution in [0.25, 0.3) is 11.3 Å². The summed E-state index contributed by atoms with van der Waals surface area (Å²) in [5.74, 6) is -0.365. The van der Waals surface area contributed by atoms with Gasteiger partial charge in [-0.05, 0) is 35.9 Å². The van der Waals surface area contributed by atoms with Crippen molar-refractivity contribution in [2.45, 2.75) is 0 Å². The van der Waals surface area contributed by atoms with Crippen LogP contribution >= 0.6 is 27.5 Å². The Labute approximate surface area is 151 Å². The van der Waals surface area contributed by atoms with Crippen LogP contribution in [0.3, 0.4) is 0 Å². The summed E-state index contributed by atoms with van der Waals surface area (Å²) in [7, 11) is 0. The first kappa shape index (κ1) is 16.4. The van der Waals surface area contributed by atoms with Gasteiger partial charge in [0.15, 0.2) is 0 Å². The third-order valence-corrected chi connectivity index (χ3v) is 3.99. The quantitative estimate of drug-likeness (QED) is 0.505. The summed E-state index contributed by atoms with van der Waals surface area (Å²) >= 11 is 9.22. The van der Waals surface area contributed by atoms with Crippen molar-refractivity contribution in [1.29, 1.82) is 0 Å². The molecule has 2 N–H and O–H groups in total. The van der Waals surface area contributed by atoms with Crippen LogP contribution in [-0.2, 0) is 0 Å². The molecule has 0 aliphatic heterocycles. The van der Waals surface area contributed by atoms with Crippen LogP contribution in [0.4, 0.5) is 0 Å². The number of hydrazone groups is 1. The van der Waals surface area contributed by atoms with Gasteiger partial charge in [0.25, 0.3) is 5.91 Å². The average Bonchev–Trinajstić information content (AvgIpc) is 3.07. The topological polar surface area (TPSA) is 70.1 Å². The molecule has 7 heteroatoms. The maximum atomic E-state index is 12.1. The van der Waals surface area contributed by atoms with Crippen molar-refractivity contribution in [3.63, 3.8) is 0 Å². The summed E-state index contributed by atoms with van der Waals surface area (Å²) in [5, 5.41) is 11.4. The predicted octanol–water partition coefficient (Wildman–Crippen LogP) is 4.26. The van der Waals surface area contributed by atoms with Gasteiger partial charge in [0.05, 0.1) is 11.9 Å². The fourth-order valence-corrected chi connectivity index (χ4v) is 2.37. The Bertz CT molecular complexity index is 872. The van der Waals surface area contributed by atoms with Gasteiger partial charge in [0.1, 0.15) is 5.69 Å². The van der Waals surface area contributed by atoms with Gasteiger partial charge in [-0.15, -0.1) is 0 Å². The molecule has 3 rings (SSSR count). The number of rotatable bonds is 4. The molecular weight excluding hydrogens is 392 g/mol. The van der Waals surface area contributed by atoms with Crippen molar-refractivity contribution in [2.24, 2.45) is 5.10 Å². The molecule has 0 bridgehead atoms. The van der Waals surface area contributed by atoms with Gasteiger partial charge in [-0.3, -0.25) is 9.89 Å². The van der Waals surface area contributed by atoms with E-state index in [-0.39, 0.29) is 5.91 Å². The SMILES string of the molecule is O=C(NN=Cc1ccc(Br)cc1)c1cc(-c2ccc(Cl)cc2)n[nH]1. The van der Waals surface area contributed by atoms with Gasteiger partial charge in [-0.2, -0.15) is 10.2 Å². The van der Waals surface area contributed by atoms with Crippen molar-refractivity contribution in [3.8, 4) is 11.3 Å². The Hall–Kier alpha value is -2.44. The number of benzene rings is 2. The number of H-pyrrole nitrogens is 1. The number of aromatic nitrogens is 2. The Morgan fingerprint density at radius 1 is 1.17 bits per heavy atom. The number of amides is 1. The molecule has 0 fully saturated rings. The number of hydrogen-bond donors (Lipinski definition) is 2. The van der Waals surface area contributed by atoms with Crippen LogP contribution < -0.4 is 5.43 Å². The number of carbonyl (C=O) groups excluding carboxylic acids is 1. The minimum absolute atomic E-state index is 0.327. The number of aromatic amines is 1. The number of hydrogen-bond acceptors (Lipinski definition) is 3. The summed E-state index contributed by atoms with van der Waals surface area (Å²) in [6.07, 6.45) is 1.57. The molecule has 3 aromatic rings. The van der Waals surface area contributed by atoms with E-state index in [1.165, 1.54) is 0 Å². The summed E-state index contributed by atoms with van der Waals surface area (Å²) in [4.78, 5) is 12.1. The maximum absolute atomic E-state index is 12.1. The van der Waals surface area contributed by atoms with E-state index < -0.39 is 0 Å². The van der Waals surface area contributed by atoms with Crippen molar-refractivity contribution in [2.75, 3.05) is 0 Å². The molecule has 2 aromatic carbocycles. The van der Waals surface area contributed by atoms with E-state index in [0.29, 0.717) is 16.4 Å².